The van der Waals surface area contributed by atoms with Crippen molar-refractivity contribution in [3.05, 3.63) is 0 Å². The van der Waals surface area contributed by atoms with Crippen LogP contribution in [0.4, 0.5) is 0 Å². The van der Waals surface area contributed by atoms with Crippen LogP contribution >= 0.6 is 7.82 Å². The first kappa shape index (κ1) is 40.8. The fourth-order valence-corrected chi connectivity index (χ4v) is 6.01. The second-order valence-corrected chi connectivity index (χ2v) is 12.5. The first-order valence-corrected chi connectivity index (χ1v) is 15.5. The lowest BCUT2D eigenvalue weighted by Crippen LogP contribution is -2.69. The van der Waals surface area contributed by atoms with Gasteiger partial charge in [-0.2, -0.15) is 0 Å². The molecule has 0 spiro atoms. The normalized spacial score (nSPS) is 42.9. The summed E-state index contributed by atoms with van der Waals surface area (Å²) in [5.41, 5.74) is 0. The second kappa shape index (κ2) is 15.7. The average Bonchev–Trinajstić information content (AvgIpc) is 3.01. The third kappa shape index (κ3) is 8.64. The number of aliphatic hydroxyl groups is 11. The zero-order valence-corrected chi connectivity index (χ0v) is 25.3. The molecule has 3 aliphatic heterocycles. The largest absolute Gasteiger partial charge is 0.477 e. The maximum atomic E-state index is 12.6. The molecule has 0 aromatic rings. The summed E-state index contributed by atoms with van der Waals surface area (Å²) in [6.07, 6.45) is -33.3. The molecule has 0 aromatic heterocycles. The highest BCUT2D eigenvalue weighted by Crippen LogP contribution is 2.44. The third-order valence-corrected chi connectivity index (χ3v) is 8.38. The Bertz CT molecular complexity index is 1160. The molecule has 0 amide bonds. The quantitative estimate of drug-likeness (QED) is 0.0738. The maximum absolute atomic E-state index is 12.6. The van der Waals surface area contributed by atoms with Gasteiger partial charge in [-0.3, -0.25) is 4.52 Å². The van der Waals surface area contributed by atoms with E-state index in [1.165, 1.54) is 0 Å². The van der Waals surface area contributed by atoms with Gasteiger partial charge in [0.15, 0.2) is 6.29 Å². The van der Waals surface area contributed by atoms with Gasteiger partial charge in [0.25, 0.3) is 11.6 Å². The van der Waals surface area contributed by atoms with Crippen LogP contribution in [0.1, 0.15) is 12.8 Å². The van der Waals surface area contributed by atoms with E-state index in [1.54, 1.807) is 0 Å². The number of carboxylic acid groups (broad SMARTS) is 2. The van der Waals surface area contributed by atoms with Crippen LogP contribution in [0.2, 0.25) is 0 Å². The summed E-state index contributed by atoms with van der Waals surface area (Å²) in [6.45, 7) is -3.60. The predicted octanol–water partition coefficient (Wildman–Crippen LogP) is -8.41. The molecule has 48 heavy (non-hydrogen) atoms. The Morgan fingerprint density at radius 1 is 0.771 bits per heavy atom. The molecule has 3 fully saturated rings. The number of phosphoric acid groups is 1. The van der Waals surface area contributed by atoms with Gasteiger partial charge in [0, 0.05) is 12.8 Å². The molecule has 25 heteroatoms. The van der Waals surface area contributed by atoms with Crippen LogP contribution in [-0.4, -0.2) is 205 Å². The smallest absolute Gasteiger partial charge is 0.470 e. The first-order valence-electron chi connectivity index (χ1n) is 14.0. The van der Waals surface area contributed by atoms with Gasteiger partial charge in [-0.25, -0.2) is 14.2 Å². The lowest BCUT2D eigenvalue weighted by molar-refractivity contribution is -0.393. The van der Waals surface area contributed by atoms with Gasteiger partial charge in [-0.1, -0.05) is 0 Å². The molecule has 0 saturated carbocycles. The molecule has 3 heterocycles. The zero-order valence-electron chi connectivity index (χ0n) is 24.4. The van der Waals surface area contributed by atoms with Gasteiger partial charge in [-0.05, 0) is 0 Å². The topological polar surface area (TPSA) is 410 Å². The number of aliphatic carboxylic acids is 2. The van der Waals surface area contributed by atoms with Crippen LogP contribution in [-0.2, 0) is 42.4 Å². The Balaban J connectivity index is 2.10. The van der Waals surface area contributed by atoms with Crippen LogP contribution in [0, 0.1) is 0 Å². The van der Waals surface area contributed by atoms with E-state index in [-0.39, 0.29) is 0 Å². The lowest BCUT2D eigenvalue weighted by Gasteiger charge is -2.51. The monoisotopic (exact) mass is 730 g/mol. The molecule has 3 saturated heterocycles. The fraction of sp³-hybridized carbons (Fsp3) is 0.913. The Kier molecular flexibility index (Phi) is 13.4. The second-order valence-electron chi connectivity index (χ2n) is 11.3. The molecule has 0 bridgehead atoms. The Morgan fingerprint density at radius 2 is 1.31 bits per heavy atom. The van der Waals surface area contributed by atoms with E-state index in [1.807, 2.05) is 0 Å². The molecule has 0 aromatic carbocycles. The van der Waals surface area contributed by atoms with Gasteiger partial charge in [0.1, 0.15) is 67.1 Å². The minimum atomic E-state index is -5.47. The van der Waals surface area contributed by atoms with Gasteiger partial charge in [-0.15, -0.1) is 0 Å². The highest BCUT2D eigenvalue weighted by atomic mass is 31.2. The molecule has 3 rings (SSSR count). The third-order valence-electron chi connectivity index (χ3n) is 7.87. The molecule has 15 N–H and O–H groups in total. The Labute approximate surface area is 268 Å². The van der Waals surface area contributed by atoms with Crippen molar-refractivity contribution in [1.82, 2.24) is 0 Å². The summed E-state index contributed by atoms with van der Waals surface area (Å²) in [4.78, 5) is 43.1. The van der Waals surface area contributed by atoms with E-state index >= 15 is 0 Å². The van der Waals surface area contributed by atoms with Crippen LogP contribution in [0.5, 0.6) is 0 Å². The van der Waals surface area contributed by atoms with Gasteiger partial charge in [0.2, 0.25) is 0 Å². The van der Waals surface area contributed by atoms with Crippen LogP contribution in [0.15, 0.2) is 0 Å². The van der Waals surface area contributed by atoms with Crippen molar-refractivity contribution < 1.29 is 119 Å². The van der Waals surface area contributed by atoms with E-state index in [4.69, 9.17) is 23.7 Å². The van der Waals surface area contributed by atoms with Crippen LogP contribution in [0.3, 0.4) is 0 Å². The molecule has 16 atom stereocenters. The minimum absolute atomic E-state index is 1.14. The number of phosphoric ester groups is 1. The number of carbonyl (C=O) groups is 2. The highest BCUT2D eigenvalue weighted by molar-refractivity contribution is 7.46. The van der Waals surface area contributed by atoms with E-state index in [0.717, 1.165) is 0 Å². The van der Waals surface area contributed by atoms with E-state index in [2.05, 4.69) is 4.52 Å². The zero-order chi connectivity index (χ0) is 36.5. The van der Waals surface area contributed by atoms with Crippen molar-refractivity contribution >= 4 is 19.8 Å². The van der Waals surface area contributed by atoms with Crippen molar-refractivity contribution in [2.24, 2.45) is 0 Å². The van der Waals surface area contributed by atoms with Crippen molar-refractivity contribution in [2.75, 3.05) is 19.8 Å². The van der Waals surface area contributed by atoms with Crippen molar-refractivity contribution in [1.29, 1.82) is 0 Å². The molecule has 24 nitrogen and oxygen atoms in total. The average molecular weight is 731 g/mol. The van der Waals surface area contributed by atoms with Gasteiger partial charge < -0.3 is 99.9 Å². The number of hydrogen-bond acceptors (Lipinski definition) is 20. The molecule has 0 unspecified atom stereocenters. The fourth-order valence-electron chi connectivity index (χ4n) is 5.45. The summed E-state index contributed by atoms with van der Waals surface area (Å²) in [7, 11) is -5.47. The highest BCUT2D eigenvalue weighted by Gasteiger charge is 2.62. The van der Waals surface area contributed by atoms with Gasteiger partial charge in [0.05, 0.1) is 32.0 Å². The maximum Gasteiger partial charge on any atom is 0.470 e. The molecule has 3 aliphatic rings. The van der Waals surface area contributed by atoms with Crippen LogP contribution in [0.25, 0.3) is 0 Å². The minimum Gasteiger partial charge on any atom is -0.477 e. The number of aliphatic hydroxyl groups excluding tert-OH is 10. The SMILES string of the molecule is O=C(O)[C@@]1(O[C@@H]2C[C@](O)(C(=O)O)O[C@H]([C@H](O)CO)[C@@H]2O[C@H]2O[C@H]([C@H](O)CO)[C@@H](OP(=O)(O)O)[C@H](O)[C@@H]2O)C[C@@H](O)[C@@H](O)[C@@H]([C@H](O)CO)O1. The van der Waals surface area contributed by atoms with Gasteiger partial charge >= 0.3 is 19.8 Å². The molecular formula is C23H39O24P. The van der Waals surface area contributed by atoms with E-state index in [0.29, 0.717) is 0 Å². The number of carboxylic acids is 2. The number of ether oxygens (including phenoxy) is 5. The molecule has 0 aliphatic carbocycles. The standard InChI is InChI=1S/C23H39O24P/c24-3-7(28)14-11(31)6(27)1-23(46-14,21(36)37)44-10-2-22(38,20(34)35)45-16(9(30)5-26)17(10)43-19-13(33)12(32)18(47-48(39,40)41)15(42-19)8(29)4-25/h6-19,24-33,38H,1-5H2,(H,34,35)(H,36,37)(H2,39,40,41)/t6-,7-,8-,9-,10-,11-,12-,13+,14-,15-,16-,17-,18+,19-,22-,23-/m1/s1. The van der Waals surface area contributed by atoms with E-state index < -0.39 is 150 Å². The predicted molar refractivity (Wildman–Crippen MR) is 141 cm³/mol. The molecule has 280 valence electrons. The molecular weight excluding hydrogens is 691 g/mol. The summed E-state index contributed by atoms with van der Waals surface area (Å²) < 4.78 is 42.7. The summed E-state index contributed by atoms with van der Waals surface area (Å²) in [6, 6.07) is 0. The van der Waals surface area contributed by atoms with Crippen molar-refractivity contribution in [3.63, 3.8) is 0 Å². The number of rotatable bonds is 14. The van der Waals surface area contributed by atoms with Crippen molar-refractivity contribution in [2.45, 2.75) is 110 Å². The molecule has 0 radical (unpaired) electrons. The van der Waals surface area contributed by atoms with Crippen LogP contribution < -0.4 is 0 Å². The Morgan fingerprint density at radius 3 is 1.81 bits per heavy atom. The van der Waals surface area contributed by atoms with E-state index in [9.17, 15) is 90.3 Å². The summed E-state index contributed by atoms with van der Waals surface area (Å²) in [5, 5.41) is 132. The summed E-state index contributed by atoms with van der Waals surface area (Å²) >= 11 is 0. The number of hydrogen-bond donors (Lipinski definition) is 15. The lowest BCUT2D eigenvalue weighted by atomic mass is 9.89. The first-order chi connectivity index (χ1) is 22.1. The Hall–Kier alpha value is -1.59. The summed E-state index contributed by atoms with van der Waals surface area (Å²) in [5.74, 6) is -10.8. The van der Waals surface area contributed by atoms with Crippen molar-refractivity contribution in [3.8, 4) is 0 Å².